The SMILES string of the molecule is N#Cc1cccc(CS(=O)(=O)Nc2ccc(N)c(Cl)c2)c1. The maximum Gasteiger partial charge on any atom is 0.236 e. The molecule has 0 fully saturated rings. The number of halogens is 1. The Morgan fingerprint density at radius 1 is 1.24 bits per heavy atom. The molecule has 5 nitrogen and oxygen atoms in total. The number of hydrogen-bond acceptors (Lipinski definition) is 4. The van der Waals surface area contributed by atoms with Crippen molar-refractivity contribution in [2.45, 2.75) is 5.75 Å². The molecule has 0 saturated heterocycles. The fraction of sp³-hybridized carbons (Fsp3) is 0.0714. The molecule has 0 atom stereocenters. The first-order valence-electron chi connectivity index (χ1n) is 5.94. The predicted molar refractivity (Wildman–Crippen MR) is 83.3 cm³/mol. The van der Waals surface area contributed by atoms with Gasteiger partial charge in [-0.3, -0.25) is 4.72 Å². The van der Waals surface area contributed by atoms with Crippen molar-refractivity contribution < 1.29 is 8.42 Å². The molecule has 0 spiro atoms. The van der Waals surface area contributed by atoms with Crippen molar-refractivity contribution in [1.29, 1.82) is 5.26 Å². The van der Waals surface area contributed by atoms with Crippen molar-refractivity contribution in [2.75, 3.05) is 10.5 Å². The second-order valence-electron chi connectivity index (χ2n) is 4.41. The molecule has 0 aliphatic carbocycles. The molecule has 0 aromatic heterocycles. The molecule has 0 amide bonds. The van der Waals surface area contributed by atoms with Crippen LogP contribution in [0.1, 0.15) is 11.1 Å². The summed E-state index contributed by atoms with van der Waals surface area (Å²) in [7, 11) is -3.60. The van der Waals surface area contributed by atoms with E-state index in [1.165, 1.54) is 24.3 Å². The summed E-state index contributed by atoms with van der Waals surface area (Å²) in [4.78, 5) is 0. The lowest BCUT2D eigenvalue weighted by molar-refractivity contribution is 0.600. The van der Waals surface area contributed by atoms with Crippen LogP contribution in [-0.4, -0.2) is 8.42 Å². The fourth-order valence-corrected chi connectivity index (χ4v) is 3.11. The van der Waals surface area contributed by atoms with Crippen molar-refractivity contribution in [3.05, 3.63) is 58.6 Å². The number of nitrogen functional groups attached to an aromatic ring is 1. The van der Waals surface area contributed by atoms with Crippen LogP contribution < -0.4 is 10.5 Å². The van der Waals surface area contributed by atoms with Gasteiger partial charge in [-0.15, -0.1) is 0 Å². The van der Waals surface area contributed by atoms with Gasteiger partial charge in [-0.1, -0.05) is 23.7 Å². The van der Waals surface area contributed by atoms with Crippen LogP contribution in [0.4, 0.5) is 11.4 Å². The lowest BCUT2D eigenvalue weighted by Gasteiger charge is -2.09. The molecule has 0 aliphatic rings. The van der Waals surface area contributed by atoms with Crippen LogP contribution in [0.15, 0.2) is 42.5 Å². The van der Waals surface area contributed by atoms with E-state index in [-0.39, 0.29) is 10.8 Å². The zero-order chi connectivity index (χ0) is 15.5. The summed E-state index contributed by atoms with van der Waals surface area (Å²) in [6, 6.07) is 12.9. The number of hydrogen-bond donors (Lipinski definition) is 2. The average molecular weight is 322 g/mol. The van der Waals surface area contributed by atoms with Gasteiger partial charge in [0.15, 0.2) is 0 Å². The Kier molecular flexibility index (Phi) is 4.36. The van der Waals surface area contributed by atoms with Crippen LogP contribution >= 0.6 is 11.6 Å². The topological polar surface area (TPSA) is 96.0 Å². The number of anilines is 2. The summed E-state index contributed by atoms with van der Waals surface area (Å²) >= 11 is 5.85. The summed E-state index contributed by atoms with van der Waals surface area (Å²) in [5, 5.41) is 9.09. The van der Waals surface area contributed by atoms with Gasteiger partial charge < -0.3 is 5.73 Å². The Labute approximate surface area is 128 Å². The number of sulfonamides is 1. The monoisotopic (exact) mass is 321 g/mol. The molecule has 21 heavy (non-hydrogen) atoms. The summed E-state index contributed by atoms with van der Waals surface area (Å²) in [5.41, 5.74) is 7.23. The number of nitriles is 1. The highest BCUT2D eigenvalue weighted by Gasteiger charge is 2.13. The fourth-order valence-electron chi connectivity index (χ4n) is 1.76. The number of rotatable bonds is 4. The first-order valence-corrected chi connectivity index (χ1v) is 7.97. The maximum absolute atomic E-state index is 12.1. The number of nitrogens with zero attached hydrogens (tertiary/aromatic N) is 1. The Morgan fingerprint density at radius 2 is 2.00 bits per heavy atom. The van der Waals surface area contributed by atoms with Gasteiger partial charge >= 0.3 is 0 Å². The van der Waals surface area contributed by atoms with E-state index in [1.54, 1.807) is 18.2 Å². The molecule has 0 unspecified atom stereocenters. The van der Waals surface area contributed by atoms with Gasteiger partial charge in [0, 0.05) is 0 Å². The highest BCUT2D eigenvalue weighted by atomic mass is 35.5. The van der Waals surface area contributed by atoms with Gasteiger partial charge in [0.2, 0.25) is 10.0 Å². The number of benzene rings is 2. The van der Waals surface area contributed by atoms with E-state index in [2.05, 4.69) is 4.72 Å². The van der Waals surface area contributed by atoms with Gasteiger partial charge in [-0.05, 0) is 35.9 Å². The molecular formula is C14H12ClN3O2S. The third kappa shape index (κ3) is 4.12. The molecule has 0 aliphatic heterocycles. The normalized spacial score (nSPS) is 10.9. The molecule has 3 N–H and O–H groups in total. The molecule has 2 aromatic rings. The molecule has 2 aromatic carbocycles. The Hall–Kier alpha value is -2.23. The summed E-state index contributed by atoms with van der Waals surface area (Å²) < 4.78 is 26.6. The highest BCUT2D eigenvalue weighted by molar-refractivity contribution is 7.91. The van der Waals surface area contributed by atoms with Crippen molar-refractivity contribution >= 4 is 33.0 Å². The summed E-state index contributed by atoms with van der Waals surface area (Å²) in [6.45, 7) is 0. The zero-order valence-electron chi connectivity index (χ0n) is 10.9. The lowest BCUT2D eigenvalue weighted by Crippen LogP contribution is -2.15. The van der Waals surface area contributed by atoms with E-state index >= 15 is 0 Å². The Balaban J connectivity index is 2.18. The lowest BCUT2D eigenvalue weighted by atomic mass is 10.2. The van der Waals surface area contributed by atoms with Gasteiger partial charge in [-0.25, -0.2) is 8.42 Å². The molecule has 2 rings (SSSR count). The first kappa shape index (κ1) is 15.2. The molecule has 0 bridgehead atoms. The number of nitrogens with one attached hydrogen (secondary N) is 1. The van der Waals surface area contributed by atoms with E-state index in [0.29, 0.717) is 22.5 Å². The van der Waals surface area contributed by atoms with Gasteiger partial charge in [-0.2, -0.15) is 5.26 Å². The van der Waals surface area contributed by atoms with Crippen LogP contribution in [0.3, 0.4) is 0 Å². The summed E-state index contributed by atoms with van der Waals surface area (Å²) in [6.07, 6.45) is 0. The van der Waals surface area contributed by atoms with Crippen LogP contribution in [0, 0.1) is 11.3 Å². The minimum absolute atomic E-state index is 0.232. The Morgan fingerprint density at radius 3 is 2.67 bits per heavy atom. The zero-order valence-corrected chi connectivity index (χ0v) is 12.4. The first-order chi connectivity index (χ1) is 9.89. The van der Waals surface area contributed by atoms with E-state index in [9.17, 15) is 8.42 Å². The third-order valence-corrected chi connectivity index (χ3v) is 4.27. The molecule has 0 radical (unpaired) electrons. The van der Waals surface area contributed by atoms with Gasteiger partial charge in [0.25, 0.3) is 0 Å². The second-order valence-corrected chi connectivity index (χ2v) is 6.54. The standard InChI is InChI=1S/C14H12ClN3O2S/c15-13-7-12(4-5-14(13)17)18-21(19,20)9-11-3-1-2-10(6-11)8-16/h1-7,18H,9,17H2. The average Bonchev–Trinajstić information content (AvgIpc) is 2.42. The molecule has 7 heteroatoms. The molecule has 108 valence electrons. The minimum Gasteiger partial charge on any atom is -0.398 e. The summed E-state index contributed by atoms with van der Waals surface area (Å²) in [5.74, 6) is -0.232. The van der Waals surface area contributed by atoms with E-state index in [0.717, 1.165) is 0 Å². The molecule has 0 saturated carbocycles. The van der Waals surface area contributed by atoms with Crippen LogP contribution in [0.25, 0.3) is 0 Å². The minimum atomic E-state index is -3.60. The maximum atomic E-state index is 12.1. The largest absolute Gasteiger partial charge is 0.398 e. The quantitative estimate of drug-likeness (QED) is 0.846. The highest BCUT2D eigenvalue weighted by Crippen LogP contribution is 2.23. The van der Waals surface area contributed by atoms with Gasteiger partial charge in [0.05, 0.1) is 33.8 Å². The van der Waals surface area contributed by atoms with E-state index < -0.39 is 10.0 Å². The second kappa shape index (κ2) is 6.04. The van der Waals surface area contributed by atoms with Crippen molar-refractivity contribution in [1.82, 2.24) is 0 Å². The van der Waals surface area contributed by atoms with E-state index in [1.807, 2.05) is 6.07 Å². The van der Waals surface area contributed by atoms with Crippen LogP contribution in [-0.2, 0) is 15.8 Å². The van der Waals surface area contributed by atoms with Crippen molar-refractivity contribution in [2.24, 2.45) is 0 Å². The Bertz CT molecular complexity index is 813. The van der Waals surface area contributed by atoms with Gasteiger partial charge in [0.1, 0.15) is 0 Å². The van der Waals surface area contributed by atoms with Crippen molar-refractivity contribution in [3.63, 3.8) is 0 Å². The van der Waals surface area contributed by atoms with Crippen LogP contribution in [0.2, 0.25) is 5.02 Å². The predicted octanol–water partition coefficient (Wildman–Crippen LogP) is 2.74. The number of nitrogens with two attached hydrogens (primary N) is 1. The molecule has 0 heterocycles. The van der Waals surface area contributed by atoms with E-state index in [4.69, 9.17) is 22.6 Å². The smallest absolute Gasteiger partial charge is 0.236 e. The third-order valence-electron chi connectivity index (χ3n) is 2.69. The van der Waals surface area contributed by atoms with Crippen LogP contribution in [0.5, 0.6) is 0 Å². The van der Waals surface area contributed by atoms with Crippen molar-refractivity contribution in [3.8, 4) is 6.07 Å². The molecular weight excluding hydrogens is 310 g/mol.